The molecule has 0 saturated carbocycles. The van der Waals surface area contributed by atoms with Gasteiger partial charge in [0.05, 0.1) is 6.61 Å². The monoisotopic (exact) mass is 243 g/mol. The first kappa shape index (κ1) is 15.3. The summed E-state index contributed by atoms with van der Waals surface area (Å²) in [5.41, 5.74) is 7.39. The summed E-state index contributed by atoms with van der Waals surface area (Å²) >= 11 is 0. The van der Waals surface area contributed by atoms with E-state index >= 15 is 0 Å². The van der Waals surface area contributed by atoms with Crippen molar-refractivity contribution in [3.8, 4) is 5.75 Å². The molecule has 2 N–H and O–H groups in total. The molecule has 92 valence electrons. The molecule has 0 aliphatic heterocycles. The van der Waals surface area contributed by atoms with E-state index in [0.29, 0.717) is 6.61 Å². The first-order chi connectivity index (χ1) is 6.95. The van der Waals surface area contributed by atoms with Crippen molar-refractivity contribution in [2.24, 2.45) is 11.1 Å². The third-order valence-corrected chi connectivity index (χ3v) is 2.46. The summed E-state index contributed by atoms with van der Waals surface area (Å²) in [6, 6.07) is 8.07. The van der Waals surface area contributed by atoms with Gasteiger partial charge in [0.25, 0.3) is 0 Å². The Morgan fingerprint density at radius 3 is 2.44 bits per heavy atom. The van der Waals surface area contributed by atoms with E-state index in [1.807, 2.05) is 25.1 Å². The standard InChI is InChI=1S/C13H21NO.ClH/c1-5-15-11-8-6-7-10(9-11)12(14)13(2,3)4;/h6-9,12H,5,14H2,1-4H3;1H/t12-;/m0./s1. The van der Waals surface area contributed by atoms with E-state index in [2.05, 4.69) is 26.8 Å². The molecule has 1 aromatic rings. The van der Waals surface area contributed by atoms with Gasteiger partial charge < -0.3 is 10.5 Å². The molecule has 0 aliphatic rings. The molecule has 1 rings (SSSR count). The second-order valence-electron chi connectivity index (χ2n) is 4.85. The van der Waals surface area contributed by atoms with Crippen LogP contribution in [-0.2, 0) is 0 Å². The van der Waals surface area contributed by atoms with Crippen molar-refractivity contribution < 1.29 is 4.74 Å². The van der Waals surface area contributed by atoms with Crippen molar-refractivity contribution in [3.63, 3.8) is 0 Å². The van der Waals surface area contributed by atoms with Gasteiger partial charge >= 0.3 is 0 Å². The molecule has 16 heavy (non-hydrogen) atoms. The zero-order valence-corrected chi connectivity index (χ0v) is 11.3. The van der Waals surface area contributed by atoms with Crippen LogP contribution < -0.4 is 10.5 Å². The third-order valence-electron chi connectivity index (χ3n) is 2.46. The van der Waals surface area contributed by atoms with Gasteiger partial charge in [-0.2, -0.15) is 0 Å². The second kappa shape index (κ2) is 6.12. The van der Waals surface area contributed by atoms with E-state index in [0.717, 1.165) is 11.3 Å². The Bertz CT molecular complexity index is 320. The summed E-state index contributed by atoms with van der Waals surface area (Å²) in [5.74, 6) is 0.898. The highest BCUT2D eigenvalue weighted by Crippen LogP contribution is 2.31. The predicted molar refractivity (Wildman–Crippen MR) is 71.2 cm³/mol. The summed E-state index contributed by atoms with van der Waals surface area (Å²) < 4.78 is 5.45. The minimum absolute atomic E-state index is 0. The summed E-state index contributed by atoms with van der Waals surface area (Å²) in [5, 5.41) is 0. The van der Waals surface area contributed by atoms with Crippen LogP contribution >= 0.6 is 12.4 Å². The van der Waals surface area contributed by atoms with Crippen LogP contribution in [0, 0.1) is 5.41 Å². The lowest BCUT2D eigenvalue weighted by atomic mass is 9.83. The lowest BCUT2D eigenvalue weighted by Gasteiger charge is -2.27. The molecule has 2 nitrogen and oxygen atoms in total. The Kier molecular flexibility index (Phi) is 5.84. The maximum Gasteiger partial charge on any atom is 0.119 e. The molecule has 3 heteroatoms. The Labute approximate surface area is 105 Å². The zero-order valence-electron chi connectivity index (χ0n) is 10.5. The molecule has 0 radical (unpaired) electrons. The SMILES string of the molecule is CCOc1cccc([C@H](N)C(C)(C)C)c1.Cl. The minimum atomic E-state index is 0. The Morgan fingerprint density at radius 2 is 1.94 bits per heavy atom. The van der Waals surface area contributed by atoms with Crippen molar-refractivity contribution in [1.29, 1.82) is 0 Å². The van der Waals surface area contributed by atoms with Gasteiger partial charge in [0.15, 0.2) is 0 Å². The molecule has 0 heterocycles. The number of rotatable bonds is 3. The van der Waals surface area contributed by atoms with E-state index in [9.17, 15) is 0 Å². The second-order valence-corrected chi connectivity index (χ2v) is 4.85. The van der Waals surface area contributed by atoms with Crippen LogP contribution in [0.2, 0.25) is 0 Å². The number of benzene rings is 1. The van der Waals surface area contributed by atoms with Crippen LogP contribution in [0.5, 0.6) is 5.75 Å². The smallest absolute Gasteiger partial charge is 0.119 e. The molecule has 0 aromatic heterocycles. The molecular weight excluding hydrogens is 222 g/mol. The molecule has 1 aromatic carbocycles. The maximum atomic E-state index is 6.18. The largest absolute Gasteiger partial charge is 0.494 e. The van der Waals surface area contributed by atoms with E-state index in [-0.39, 0.29) is 23.9 Å². The summed E-state index contributed by atoms with van der Waals surface area (Å²) in [6.07, 6.45) is 0. The summed E-state index contributed by atoms with van der Waals surface area (Å²) in [4.78, 5) is 0. The van der Waals surface area contributed by atoms with Crippen molar-refractivity contribution in [2.45, 2.75) is 33.7 Å². The molecule has 0 saturated heterocycles. The highest BCUT2D eigenvalue weighted by atomic mass is 35.5. The van der Waals surface area contributed by atoms with E-state index in [4.69, 9.17) is 10.5 Å². The number of ether oxygens (including phenoxy) is 1. The van der Waals surface area contributed by atoms with E-state index in [1.54, 1.807) is 0 Å². The fourth-order valence-electron chi connectivity index (χ4n) is 1.46. The first-order valence-corrected chi connectivity index (χ1v) is 5.43. The fourth-order valence-corrected chi connectivity index (χ4v) is 1.46. The molecule has 0 bridgehead atoms. The number of nitrogens with two attached hydrogens (primary N) is 1. The Balaban J connectivity index is 0.00000225. The molecular formula is C13H22ClNO. The molecule has 0 unspecified atom stereocenters. The van der Waals surface area contributed by atoms with Crippen molar-refractivity contribution in [3.05, 3.63) is 29.8 Å². The quantitative estimate of drug-likeness (QED) is 0.881. The van der Waals surface area contributed by atoms with Crippen molar-refractivity contribution >= 4 is 12.4 Å². The minimum Gasteiger partial charge on any atom is -0.494 e. The normalized spacial score (nSPS) is 12.8. The first-order valence-electron chi connectivity index (χ1n) is 5.43. The van der Waals surface area contributed by atoms with Gasteiger partial charge in [-0.15, -0.1) is 12.4 Å². The Morgan fingerprint density at radius 1 is 1.31 bits per heavy atom. The lowest BCUT2D eigenvalue weighted by molar-refractivity contribution is 0.321. The number of halogens is 1. The molecule has 0 fully saturated rings. The topological polar surface area (TPSA) is 35.2 Å². The van der Waals surface area contributed by atoms with Gasteiger partial charge in [0.1, 0.15) is 5.75 Å². The van der Waals surface area contributed by atoms with E-state index in [1.165, 1.54) is 0 Å². The Hall–Kier alpha value is -0.730. The van der Waals surface area contributed by atoms with Crippen molar-refractivity contribution in [2.75, 3.05) is 6.61 Å². The summed E-state index contributed by atoms with van der Waals surface area (Å²) in [7, 11) is 0. The van der Waals surface area contributed by atoms with Crippen LogP contribution in [0.15, 0.2) is 24.3 Å². The molecule has 1 atom stereocenters. The van der Waals surface area contributed by atoms with Crippen molar-refractivity contribution in [1.82, 2.24) is 0 Å². The number of hydrogen-bond acceptors (Lipinski definition) is 2. The molecule has 0 aliphatic carbocycles. The van der Waals surface area contributed by atoms with E-state index < -0.39 is 0 Å². The van der Waals surface area contributed by atoms with Crippen LogP contribution in [0.4, 0.5) is 0 Å². The fraction of sp³-hybridized carbons (Fsp3) is 0.538. The van der Waals surface area contributed by atoms with Gasteiger partial charge in [-0.05, 0) is 30.0 Å². The molecule has 0 amide bonds. The average molecular weight is 244 g/mol. The van der Waals surface area contributed by atoms with Gasteiger partial charge in [0.2, 0.25) is 0 Å². The van der Waals surface area contributed by atoms with Gasteiger partial charge in [-0.3, -0.25) is 0 Å². The number of hydrogen-bond donors (Lipinski definition) is 1. The van der Waals surface area contributed by atoms with Gasteiger partial charge in [-0.25, -0.2) is 0 Å². The van der Waals surface area contributed by atoms with Crippen LogP contribution in [-0.4, -0.2) is 6.61 Å². The maximum absolute atomic E-state index is 6.18. The van der Waals surface area contributed by atoms with Gasteiger partial charge in [0, 0.05) is 6.04 Å². The highest BCUT2D eigenvalue weighted by Gasteiger charge is 2.22. The van der Waals surface area contributed by atoms with Crippen LogP contribution in [0.1, 0.15) is 39.3 Å². The highest BCUT2D eigenvalue weighted by molar-refractivity contribution is 5.85. The average Bonchev–Trinajstić information content (AvgIpc) is 2.16. The third kappa shape index (κ3) is 4.03. The zero-order chi connectivity index (χ0) is 11.5. The van der Waals surface area contributed by atoms with Crippen LogP contribution in [0.3, 0.4) is 0 Å². The van der Waals surface area contributed by atoms with Gasteiger partial charge in [-0.1, -0.05) is 32.9 Å². The summed E-state index contributed by atoms with van der Waals surface area (Å²) in [6.45, 7) is 9.10. The predicted octanol–water partition coefficient (Wildman–Crippen LogP) is 3.55. The lowest BCUT2D eigenvalue weighted by Crippen LogP contribution is -2.26. The van der Waals surface area contributed by atoms with Crippen LogP contribution in [0.25, 0.3) is 0 Å². The molecule has 0 spiro atoms.